The molecule has 110 valence electrons. The zero-order chi connectivity index (χ0) is 14.0. The van der Waals surface area contributed by atoms with Crippen LogP contribution >= 0.6 is 11.8 Å². The van der Waals surface area contributed by atoms with E-state index >= 15 is 0 Å². The van der Waals surface area contributed by atoms with Crippen molar-refractivity contribution in [3.05, 3.63) is 35.9 Å². The topological polar surface area (TPSA) is 15.3 Å². The van der Waals surface area contributed by atoms with Crippen molar-refractivity contribution in [3.8, 4) is 0 Å². The maximum absolute atomic E-state index is 3.54. The van der Waals surface area contributed by atoms with Gasteiger partial charge in [0.2, 0.25) is 0 Å². The molecule has 0 bridgehead atoms. The predicted molar refractivity (Wildman–Crippen MR) is 88.3 cm³/mol. The highest BCUT2D eigenvalue weighted by molar-refractivity contribution is 8.00. The summed E-state index contributed by atoms with van der Waals surface area (Å²) in [5.74, 6) is 1.27. The van der Waals surface area contributed by atoms with Crippen molar-refractivity contribution in [2.75, 3.05) is 31.9 Å². The van der Waals surface area contributed by atoms with Crippen LogP contribution in [0.3, 0.4) is 0 Å². The van der Waals surface area contributed by atoms with Gasteiger partial charge in [0.15, 0.2) is 0 Å². The van der Waals surface area contributed by atoms with Crippen LogP contribution in [-0.4, -0.2) is 42.1 Å². The van der Waals surface area contributed by atoms with Crippen LogP contribution in [0.4, 0.5) is 0 Å². The molecule has 0 aromatic heterocycles. The van der Waals surface area contributed by atoms with Gasteiger partial charge in [-0.3, -0.25) is 4.90 Å². The van der Waals surface area contributed by atoms with Crippen molar-refractivity contribution in [1.82, 2.24) is 10.2 Å². The third-order valence-electron chi connectivity index (χ3n) is 4.78. The van der Waals surface area contributed by atoms with Gasteiger partial charge in [0.25, 0.3) is 0 Å². The van der Waals surface area contributed by atoms with Crippen molar-refractivity contribution in [2.45, 2.75) is 31.6 Å². The van der Waals surface area contributed by atoms with Crippen LogP contribution in [0.25, 0.3) is 0 Å². The van der Waals surface area contributed by atoms with E-state index in [1.165, 1.54) is 43.9 Å². The molecular formula is C17H26N2S. The molecule has 2 heterocycles. The van der Waals surface area contributed by atoms with E-state index in [0.29, 0.717) is 16.7 Å². The molecule has 1 aromatic carbocycles. The van der Waals surface area contributed by atoms with Gasteiger partial charge >= 0.3 is 0 Å². The first-order valence-electron chi connectivity index (χ1n) is 7.79. The quantitative estimate of drug-likeness (QED) is 0.920. The maximum atomic E-state index is 3.54. The minimum atomic E-state index is 0.453. The second kappa shape index (κ2) is 6.08. The number of hydrogen-bond acceptors (Lipinski definition) is 3. The lowest BCUT2D eigenvalue weighted by molar-refractivity contribution is 0.130. The zero-order valence-corrected chi connectivity index (χ0v) is 13.5. The van der Waals surface area contributed by atoms with Crippen LogP contribution in [0.5, 0.6) is 0 Å². The molecule has 3 atom stereocenters. The molecule has 3 heteroatoms. The van der Waals surface area contributed by atoms with Crippen LogP contribution in [0.15, 0.2) is 30.3 Å². The van der Waals surface area contributed by atoms with Crippen LogP contribution in [0, 0.1) is 5.41 Å². The van der Waals surface area contributed by atoms with E-state index in [2.05, 4.69) is 66.2 Å². The van der Waals surface area contributed by atoms with Gasteiger partial charge in [-0.25, -0.2) is 0 Å². The first-order chi connectivity index (χ1) is 9.68. The molecule has 0 radical (unpaired) electrons. The number of hydrogen-bond donors (Lipinski definition) is 1. The van der Waals surface area contributed by atoms with Gasteiger partial charge in [0, 0.05) is 36.7 Å². The van der Waals surface area contributed by atoms with Crippen LogP contribution in [0.1, 0.15) is 31.9 Å². The van der Waals surface area contributed by atoms with Crippen molar-refractivity contribution >= 4 is 11.8 Å². The molecule has 20 heavy (non-hydrogen) atoms. The van der Waals surface area contributed by atoms with Crippen molar-refractivity contribution < 1.29 is 0 Å². The molecule has 2 aliphatic heterocycles. The van der Waals surface area contributed by atoms with Gasteiger partial charge in [-0.15, -0.1) is 0 Å². The molecule has 3 rings (SSSR count). The summed E-state index contributed by atoms with van der Waals surface area (Å²) >= 11 is 2.12. The van der Waals surface area contributed by atoms with E-state index in [0.717, 1.165) is 0 Å². The molecule has 0 saturated carbocycles. The molecule has 2 aliphatic rings. The Morgan fingerprint density at radius 1 is 1.35 bits per heavy atom. The second-order valence-electron chi connectivity index (χ2n) is 6.64. The fourth-order valence-electron chi connectivity index (χ4n) is 3.69. The van der Waals surface area contributed by atoms with E-state index in [-0.39, 0.29) is 0 Å². The molecule has 1 N–H and O–H groups in total. The summed E-state index contributed by atoms with van der Waals surface area (Å²) in [7, 11) is 0. The predicted octanol–water partition coefficient (Wildman–Crippen LogP) is 3.16. The Morgan fingerprint density at radius 2 is 2.15 bits per heavy atom. The summed E-state index contributed by atoms with van der Waals surface area (Å²) in [4.78, 5) is 2.74. The van der Waals surface area contributed by atoms with Crippen LogP contribution < -0.4 is 5.32 Å². The Balaban J connectivity index is 1.79. The van der Waals surface area contributed by atoms with Crippen LogP contribution in [-0.2, 0) is 0 Å². The van der Waals surface area contributed by atoms with Crippen molar-refractivity contribution in [2.24, 2.45) is 5.41 Å². The lowest BCUT2D eigenvalue weighted by atomic mass is 9.87. The Labute approximate surface area is 127 Å². The van der Waals surface area contributed by atoms with Crippen molar-refractivity contribution in [3.63, 3.8) is 0 Å². The average Bonchev–Trinajstić information content (AvgIpc) is 2.86. The molecule has 3 unspecified atom stereocenters. The molecule has 0 spiro atoms. The largest absolute Gasteiger partial charge is 0.316 e. The third-order valence-corrected chi connectivity index (χ3v) is 5.98. The monoisotopic (exact) mass is 290 g/mol. The Bertz CT molecular complexity index is 428. The highest BCUT2D eigenvalue weighted by atomic mass is 32.2. The highest BCUT2D eigenvalue weighted by Gasteiger charge is 2.36. The molecule has 1 aromatic rings. The summed E-state index contributed by atoms with van der Waals surface area (Å²) in [6.45, 7) is 9.65. The summed E-state index contributed by atoms with van der Waals surface area (Å²) in [6, 6.07) is 11.7. The van der Waals surface area contributed by atoms with E-state index in [1.54, 1.807) is 0 Å². The first-order valence-corrected chi connectivity index (χ1v) is 8.84. The van der Waals surface area contributed by atoms with Gasteiger partial charge in [-0.2, -0.15) is 11.8 Å². The molecule has 2 saturated heterocycles. The highest BCUT2D eigenvalue weighted by Crippen LogP contribution is 2.38. The fraction of sp³-hybridized carbons (Fsp3) is 0.647. The van der Waals surface area contributed by atoms with E-state index in [1.807, 2.05) is 0 Å². The standard InChI is InChI=1S/C17H26N2S/c1-14-16(15-6-4-3-5-7-15)19(10-11-20-14)13-17(2)8-9-18-12-17/h3-7,14,16,18H,8-13H2,1-2H3. The first kappa shape index (κ1) is 14.4. The lowest BCUT2D eigenvalue weighted by Crippen LogP contribution is -2.46. The zero-order valence-electron chi connectivity index (χ0n) is 12.6. The molecular weight excluding hydrogens is 264 g/mol. The van der Waals surface area contributed by atoms with E-state index < -0.39 is 0 Å². The van der Waals surface area contributed by atoms with Gasteiger partial charge in [-0.1, -0.05) is 44.2 Å². The van der Waals surface area contributed by atoms with Crippen molar-refractivity contribution in [1.29, 1.82) is 0 Å². The molecule has 0 aliphatic carbocycles. The van der Waals surface area contributed by atoms with Gasteiger partial charge in [0.1, 0.15) is 0 Å². The minimum absolute atomic E-state index is 0.453. The lowest BCUT2D eigenvalue weighted by Gasteiger charge is -2.43. The number of thioether (sulfide) groups is 1. The number of rotatable bonds is 3. The normalized spacial score (nSPS) is 35.3. The fourth-order valence-corrected chi connectivity index (χ4v) is 4.91. The Hall–Kier alpha value is -0.510. The Kier molecular flexibility index (Phi) is 4.39. The van der Waals surface area contributed by atoms with E-state index in [9.17, 15) is 0 Å². The van der Waals surface area contributed by atoms with Crippen LogP contribution in [0.2, 0.25) is 0 Å². The minimum Gasteiger partial charge on any atom is -0.316 e. The van der Waals surface area contributed by atoms with Gasteiger partial charge < -0.3 is 5.32 Å². The number of nitrogens with one attached hydrogen (secondary N) is 1. The summed E-state index contributed by atoms with van der Waals surface area (Å²) in [5.41, 5.74) is 1.94. The second-order valence-corrected chi connectivity index (χ2v) is 8.12. The average molecular weight is 290 g/mol. The summed E-state index contributed by atoms with van der Waals surface area (Å²) in [6.07, 6.45) is 1.31. The number of nitrogens with zero attached hydrogens (tertiary/aromatic N) is 1. The van der Waals surface area contributed by atoms with E-state index in [4.69, 9.17) is 0 Å². The summed E-state index contributed by atoms with van der Waals surface area (Å²) in [5, 5.41) is 4.22. The SMILES string of the molecule is CC1SCCN(CC2(C)CCNC2)C1c1ccccc1. The molecule has 2 nitrogen and oxygen atoms in total. The van der Waals surface area contributed by atoms with Gasteiger partial charge in [0.05, 0.1) is 0 Å². The summed E-state index contributed by atoms with van der Waals surface area (Å²) < 4.78 is 0. The molecule has 2 fully saturated rings. The smallest absolute Gasteiger partial charge is 0.0464 e. The third kappa shape index (κ3) is 3.05. The number of benzene rings is 1. The maximum Gasteiger partial charge on any atom is 0.0464 e. The molecule has 0 amide bonds. The van der Waals surface area contributed by atoms with Gasteiger partial charge in [-0.05, 0) is 23.9 Å². The Morgan fingerprint density at radius 3 is 2.85 bits per heavy atom.